The molecule has 5 nitrogen and oxygen atoms in total. The van der Waals surface area contributed by atoms with E-state index in [1.165, 1.54) is 0 Å². The molecule has 0 bridgehead atoms. The molecule has 0 radical (unpaired) electrons. The average molecular weight is 259 g/mol. The predicted molar refractivity (Wildman–Crippen MR) is 74.3 cm³/mol. The first-order valence-electron chi connectivity index (χ1n) is 6.71. The molecule has 1 unspecified atom stereocenters. The van der Waals surface area contributed by atoms with Crippen LogP contribution in [-0.2, 0) is 4.79 Å². The normalized spacial score (nSPS) is 14.6. The molecule has 0 aliphatic heterocycles. The molecule has 0 aliphatic rings. The van der Waals surface area contributed by atoms with Gasteiger partial charge >= 0.3 is 0 Å². The smallest absolute Gasteiger partial charge is 0.220 e. The van der Waals surface area contributed by atoms with Gasteiger partial charge in [-0.15, -0.1) is 0 Å². The van der Waals surface area contributed by atoms with Crippen LogP contribution in [0.1, 0.15) is 39.0 Å². The fourth-order valence-electron chi connectivity index (χ4n) is 1.90. The Morgan fingerprint density at radius 3 is 2.44 bits per heavy atom. The molecule has 1 atom stereocenters. The third-order valence-corrected chi connectivity index (χ3v) is 2.68. The second-order valence-corrected chi connectivity index (χ2v) is 5.46. The molecule has 18 heavy (non-hydrogen) atoms. The fraction of sp³-hybridized carbons (Fsp3) is 0.923. The van der Waals surface area contributed by atoms with E-state index in [9.17, 15) is 9.90 Å². The van der Waals surface area contributed by atoms with Gasteiger partial charge < -0.3 is 21.1 Å². The maximum atomic E-state index is 11.5. The van der Waals surface area contributed by atoms with Gasteiger partial charge in [-0.1, -0.05) is 12.8 Å². The zero-order valence-corrected chi connectivity index (χ0v) is 12.0. The van der Waals surface area contributed by atoms with Crippen LogP contribution in [0.5, 0.6) is 0 Å². The van der Waals surface area contributed by atoms with E-state index < -0.39 is 5.60 Å². The Morgan fingerprint density at radius 1 is 1.28 bits per heavy atom. The summed E-state index contributed by atoms with van der Waals surface area (Å²) in [6.45, 7) is 3.28. The zero-order chi connectivity index (χ0) is 14.0. The van der Waals surface area contributed by atoms with E-state index in [1.807, 2.05) is 19.0 Å². The lowest BCUT2D eigenvalue weighted by Gasteiger charge is -2.27. The summed E-state index contributed by atoms with van der Waals surface area (Å²) in [4.78, 5) is 13.4. The third-order valence-electron chi connectivity index (χ3n) is 2.68. The molecule has 1 amide bonds. The topological polar surface area (TPSA) is 78.6 Å². The maximum absolute atomic E-state index is 11.5. The molecular weight excluding hydrogens is 230 g/mol. The second-order valence-electron chi connectivity index (χ2n) is 5.46. The summed E-state index contributed by atoms with van der Waals surface area (Å²) in [7, 11) is 3.79. The van der Waals surface area contributed by atoms with Gasteiger partial charge in [0.25, 0.3) is 0 Å². The van der Waals surface area contributed by atoms with E-state index in [-0.39, 0.29) is 5.91 Å². The summed E-state index contributed by atoms with van der Waals surface area (Å²) in [6, 6.07) is 0. The highest BCUT2D eigenvalue weighted by Gasteiger charge is 2.21. The number of nitrogens with one attached hydrogen (secondary N) is 1. The Kier molecular flexibility index (Phi) is 8.97. The van der Waals surface area contributed by atoms with Gasteiger partial charge in [-0.25, -0.2) is 0 Å². The van der Waals surface area contributed by atoms with E-state index in [1.54, 1.807) is 6.92 Å². The lowest BCUT2D eigenvalue weighted by molar-refractivity contribution is -0.122. The van der Waals surface area contributed by atoms with Gasteiger partial charge in [0.2, 0.25) is 5.91 Å². The van der Waals surface area contributed by atoms with Crippen LogP contribution in [-0.4, -0.2) is 55.2 Å². The maximum Gasteiger partial charge on any atom is 0.220 e. The summed E-state index contributed by atoms with van der Waals surface area (Å²) in [5, 5.41) is 12.8. The Bertz CT molecular complexity index is 230. The van der Waals surface area contributed by atoms with E-state index in [0.29, 0.717) is 19.5 Å². The quantitative estimate of drug-likeness (QED) is 0.494. The van der Waals surface area contributed by atoms with Gasteiger partial charge in [0.15, 0.2) is 0 Å². The molecule has 0 fully saturated rings. The van der Waals surface area contributed by atoms with E-state index in [4.69, 9.17) is 5.73 Å². The molecule has 0 spiro atoms. The summed E-state index contributed by atoms with van der Waals surface area (Å²) in [5.41, 5.74) is 4.52. The number of amides is 1. The largest absolute Gasteiger partial charge is 0.387 e. The van der Waals surface area contributed by atoms with Crippen LogP contribution < -0.4 is 11.1 Å². The minimum atomic E-state index is -0.876. The van der Waals surface area contributed by atoms with Gasteiger partial charge in [0, 0.05) is 19.5 Å². The molecule has 0 aromatic rings. The number of hydrogen-bond donors (Lipinski definition) is 3. The molecule has 0 aliphatic carbocycles. The molecule has 0 aromatic carbocycles. The van der Waals surface area contributed by atoms with Crippen LogP contribution in [0.25, 0.3) is 0 Å². The van der Waals surface area contributed by atoms with Gasteiger partial charge in [-0.3, -0.25) is 4.79 Å². The average Bonchev–Trinajstić information content (AvgIpc) is 2.24. The number of likely N-dealkylation sites (N-methyl/N-ethyl adjacent to an activating group) is 1. The molecule has 0 rings (SSSR count). The van der Waals surface area contributed by atoms with E-state index in [2.05, 4.69) is 5.32 Å². The van der Waals surface area contributed by atoms with Crippen LogP contribution in [0.3, 0.4) is 0 Å². The van der Waals surface area contributed by atoms with E-state index >= 15 is 0 Å². The number of hydrogen-bond acceptors (Lipinski definition) is 4. The SMILES string of the molecule is CN(C)CC(C)(O)CNC(=O)CCCCCCN. The summed E-state index contributed by atoms with van der Waals surface area (Å²) in [5.74, 6) is 0.0155. The van der Waals surface area contributed by atoms with Crippen molar-refractivity contribution in [1.29, 1.82) is 0 Å². The molecule has 0 heterocycles. The van der Waals surface area contributed by atoms with Crippen molar-refractivity contribution in [2.24, 2.45) is 5.73 Å². The van der Waals surface area contributed by atoms with Crippen molar-refractivity contribution >= 4 is 5.91 Å². The number of nitrogens with zero attached hydrogens (tertiary/aromatic N) is 1. The van der Waals surface area contributed by atoms with Crippen LogP contribution in [0, 0.1) is 0 Å². The fourth-order valence-corrected chi connectivity index (χ4v) is 1.90. The molecule has 0 saturated heterocycles. The van der Waals surface area contributed by atoms with Gasteiger partial charge in [-0.2, -0.15) is 0 Å². The highest BCUT2D eigenvalue weighted by molar-refractivity contribution is 5.75. The van der Waals surface area contributed by atoms with Gasteiger partial charge in [-0.05, 0) is 40.4 Å². The summed E-state index contributed by atoms with van der Waals surface area (Å²) < 4.78 is 0. The highest BCUT2D eigenvalue weighted by Crippen LogP contribution is 2.04. The first-order valence-corrected chi connectivity index (χ1v) is 6.71. The monoisotopic (exact) mass is 259 g/mol. The van der Waals surface area contributed by atoms with Crippen molar-refractivity contribution in [3.8, 4) is 0 Å². The zero-order valence-electron chi connectivity index (χ0n) is 12.0. The predicted octanol–water partition coefficient (Wildman–Crippen LogP) is 0.324. The van der Waals surface area contributed by atoms with Crippen molar-refractivity contribution in [1.82, 2.24) is 10.2 Å². The number of aliphatic hydroxyl groups is 1. The Morgan fingerprint density at radius 2 is 1.89 bits per heavy atom. The van der Waals surface area contributed by atoms with E-state index in [0.717, 1.165) is 32.2 Å². The highest BCUT2D eigenvalue weighted by atomic mass is 16.3. The molecule has 5 heteroatoms. The first kappa shape index (κ1) is 17.4. The van der Waals surface area contributed by atoms with Crippen LogP contribution in [0.4, 0.5) is 0 Å². The number of unbranched alkanes of at least 4 members (excludes halogenated alkanes) is 3. The number of nitrogens with two attached hydrogens (primary N) is 1. The second kappa shape index (κ2) is 9.30. The Labute approximate surface area is 111 Å². The molecule has 0 saturated carbocycles. The van der Waals surface area contributed by atoms with Gasteiger partial charge in [0.1, 0.15) is 0 Å². The third kappa shape index (κ3) is 10.5. The van der Waals surface area contributed by atoms with Gasteiger partial charge in [0.05, 0.1) is 5.60 Å². The van der Waals surface area contributed by atoms with Crippen LogP contribution in [0.2, 0.25) is 0 Å². The lowest BCUT2D eigenvalue weighted by Crippen LogP contribution is -2.47. The van der Waals surface area contributed by atoms with Crippen molar-refractivity contribution < 1.29 is 9.90 Å². The van der Waals surface area contributed by atoms with Crippen LogP contribution >= 0.6 is 0 Å². The minimum Gasteiger partial charge on any atom is -0.387 e. The molecular formula is C13H29N3O2. The standard InChI is InChI=1S/C13H29N3O2/c1-13(18,11-16(2)3)10-15-12(17)8-6-4-5-7-9-14/h18H,4-11,14H2,1-3H3,(H,15,17). The molecule has 108 valence electrons. The summed E-state index contributed by atoms with van der Waals surface area (Å²) >= 11 is 0. The van der Waals surface area contributed by atoms with Crippen molar-refractivity contribution in [2.75, 3.05) is 33.7 Å². The van der Waals surface area contributed by atoms with Crippen molar-refractivity contribution in [3.63, 3.8) is 0 Å². The number of rotatable bonds is 10. The molecule has 4 N–H and O–H groups in total. The minimum absolute atomic E-state index is 0.0155. The Hall–Kier alpha value is -0.650. The number of carbonyl (C=O) groups excluding carboxylic acids is 1. The number of carbonyl (C=O) groups is 1. The molecule has 0 aromatic heterocycles. The summed E-state index contributed by atoms with van der Waals surface area (Å²) in [6.07, 6.45) is 4.57. The lowest BCUT2D eigenvalue weighted by atomic mass is 10.1. The van der Waals surface area contributed by atoms with Crippen LogP contribution in [0.15, 0.2) is 0 Å². The first-order chi connectivity index (χ1) is 8.37. The Balaban J connectivity index is 3.63. The van der Waals surface area contributed by atoms with Crippen molar-refractivity contribution in [2.45, 2.75) is 44.6 Å². The van der Waals surface area contributed by atoms with Crippen molar-refractivity contribution in [3.05, 3.63) is 0 Å².